The Kier molecular flexibility index (Phi) is 3.69. The van der Waals surface area contributed by atoms with E-state index in [4.69, 9.17) is 9.47 Å². The van der Waals surface area contributed by atoms with Crippen LogP contribution in [0.3, 0.4) is 0 Å². The van der Waals surface area contributed by atoms with Crippen molar-refractivity contribution in [3.8, 4) is 11.5 Å². The lowest BCUT2D eigenvalue weighted by molar-refractivity contribution is 0.146. The second-order valence-corrected chi connectivity index (χ2v) is 5.09. The maximum atomic E-state index is 12.6. The Bertz CT molecular complexity index is 399. The molecule has 1 aromatic carbocycles. The third kappa shape index (κ3) is 2.32. The maximum absolute atomic E-state index is 12.6. The minimum absolute atomic E-state index is 0.440. The van der Waals surface area contributed by atoms with Gasteiger partial charge in [0.1, 0.15) is 18.0 Å². The molecule has 2 rings (SSSR count). The largest absolute Gasteiger partial charge is 0.486 e. The van der Waals surface area contributed by atoms with Crippen LogP contribution < -0.4 is 9.47 Å². The number of fused-ring (bicyclic) bond motifs is 1. The first-order valence-corrected chi connectivity index (χ1v) is 6.31. The fourth-order valence-corrected chi connectivity index (χ4v) is 2.68. The number of hydrogen-bond donors (Lipinski definition) is 0. The van der Waals surface area contributed by atoms with E-state index in [2.05, 4.69) is 31.9 Å². The van der Waals surface area contributed by atoms with E-state index in [1.165, 1.54) is 0 Å². The average Bonchev–Trinajstić information content (AvgIpc) is 2.27. The van der Waals surface area contributed by atoms with Crippen LogP contribution in [0.25, 0.3) is 0 Å². The van der Waals surface area contributed by atoms with E-state index in [9.17, 15) is 8.78 Å². The van der Waals surface area contributed by atoms with Gasteiger partial charge in [-0.05, 0) is 17.7 Å². The molecule has 1 heterocycles. The fraction of sp³-hybridized carbons (Fsp3) is 0.400. The zero-order valence-corrected chi connectivity index (χ0v) is 11.2. The van der Waals surface area contributed by atoms with Gasteiger partial charge in [0.2, 0.25) is 0 Å². The van der Waals surface area contributed by atoms with Gasteiger partial charge in [0.05, 0.1) is 0 Å². The van der Waals surface area contributed by atoms with E-state index < -0.39 is 11.3 Å². The third-order valence-electron chi connectivity index (χ3n) is 2.18. The summed E-state index contributed by atoms with van der Waals surface area (Å²) in [5.41, 5.74) is 0.458. The van der Waals surface area contributed by atoms with Gasteiger partial charge in [0.25, 0.3) is 6.43 Å². The van der Waals surface area contributed by atoms with Crippen LogP contribution >= 0.6 is 31.9 Å². The predicted octanol–water partition coefficient (Wildman–Crippen LogP) is 3.92. The van der Waals surface area contributed by atoms with E-state index in [0.29, 0.717) is 34.7 Å². The molecule has 6 heteroatoms. The molecule has 88 valence electrons. The number of benzene rings is 1. The van der Waals surface area contributed by atoms with Crippen LogP contribution in [-0.4, -0.2) is 19.6 Å². The number of alkyl halides is 3. The highest BCUT2D eigenvalue weighted by molar-refractivity contribution is 9.11. The molecule has 0 amide bonds. The second-order valence-electron chi connectivity index (χ2n) is 3.25. The second kappa shape index (κ2) is 4.87. The maximum Gasteiger partial charge on any atom is 0.255 e. The highest BCUT2D eigenvalue weighted by Crippen LogP contribution is 2.41. The van der Waals surface area contributed by atoms with Crippen LogP contribution in [0.4, 0.5) is 8.78 Å². The predicted molar refractivity (Wildman–Crippen MR) is 62.8 cm³/mol. The molecule has 0 saturated carbocycles. The summed E-state index contributed by atoms with van der Waals surface area (Å²) in [5, 5.41) is 0. The summed E-state index contributed by atoms with van der Waals surface area (Å²) >= 11 is 6.20. The quantitative estimate of drug-likeness (QED) is 0.747. The first kappa shape index (κ1) is 12.1. The Hall–Kier alpha value is -0.360. The highest BCUT2D eigenvalue weighted by Gasteiger charge is 2.24. The van der Waals surface area contributed by atoms with Gasteiger partial charge in [-0.3, -0.25) is 0 Å². The molecule has 0 radical (unpaired) electrons. The van der Waals surface area contributed by atoms with Crippen molar-refractivity contribution in [3.63, 3.8) is 0 Å². The van der Waals surface area contributed by atoms with Gasteiger partial charge in [-0.1, -0.05) is 31.9 Å². The molecular formula is C10H8Br2F2O2. The zero-order chi connectivity index (χ0) is 11.7. The zero-order valence-electron chi connectivity index (χ0n) is 8.05. The lowest BCUT2D eigenvalue weighted by Crippen LogP contribution is -2.16. The van der Waals surface area contributed by atoms with Crippen LogP contribution in [0.5, 0.6) is 11.5 Å². The summed E-state index contributed by atoms with van der Waals surface area (Å²) in [6, 6.07) is 3.23. The lowest BCUT2D eigenvalue weighted by atomic mass is 10.1. The summed E-state index contributed by atoms with van der Waals surface area (Å²) < 4.78 is 36.4. The van der Waals surface area contributed by atoms with Crippen LogP contribution in [0.15, 0.2) is 16.6 Å². The molecule has 0 fully saturated rings. The van der Waals surface area contributed by atoms with Crippen molar-refractivity contribution in [3.05, 3.63) is 22.2 Å². The highest BCUT2D eigenvalue weighted by atomic mass is 79.9. The normalized spacial score (nSPS) is 16.3. The van der Waals surface area contributed by atoms with Gasteiger partial charge in [-0.2, -0.15) is 0 Å². The van der Waals surface area contributed by atoms with E-state index in [-0.39, 0.29) is 0 Å². The number of rotatable bonds is 2. The van der Waals surface area contributed by atoms with E-state index in [1.54, 1.807) is 12.1 Å². The molecular weight excluding hydrogens is 350 g/mol. The summed E-state index contributed by atoms with van der Waals surface area (Å²) in [4.78, 5) is -1.02. The van der Waals surface area contributed by atoms with Crippen molar-refractivity contribution in [2.45, 2.75) is 11.3 Å². The molecule has 0 N–H and O–H groups in total. The van der Waals surface area contributed by atoms with Crippen molar-refractivity contribution in [2.24, 2.45) is 0 Å². The van der Waals surface area contributed by atoms with Crippen molar-refractivity contribution in [2.75, 3.05) is 13.2 Å². The molecule has 1 aliphatic heterocycles. The standard InChI is InChI=1S/C10H8Br2F2O2/c11-6-4-8-7(15-1-2-16-8)3-5(6)9(12)10(13)14/h3-4,9-10H,1-2H2. The minimum atomic E-state index is -2.47. The molecule has 0 aliphatic carbocycles. The van der Waals surface area contributed by atoms with Crippen LogP contribution in [0.1, 0.15) is 10.4 Å². The summed E-state index contributed by atoms with van der Waals surface area (Å²) in [5.74, 6) is 1.09. The van der Waals surface area contributed by atoms with Gasteiger partial charge in [-0.25, -0.2) is 8.78 Å². The van der Waals surface area contributed by atoms with E-state index in [1.807, 2.05) is 0 Å². The molecule has 1 atom stereocenters. The Morgan fingerprint density at radius 3 is 2.25 bits per heavy atom. The van der Waals surface area contributed by atoms with Crippen molar-refractivity contribution < 1.29 is 18.3 Å². The van der Waals surface area contributed by atoms with E-state index >= 15 is 0 Å². The number of halogens is 4. The summed E-state index contributed by atoms with van der Waals surface area (Å²) in [6.07, 6.45) is -2.47. The van der Waals surface area contributed by atoms with Crippen molar-refractivity contribution in [1.82, 2.24) is 0 Å². The van der Waals surface area contributed by atoms with Crippen molar-refractivity contribution >= 4 is 31.9 Å². The van der Waals surface area contributed by atoms with Gasteiger partial charge in [-0.15, -0.1) is 0 Å². The SMILES string of the molecule is FC(F)C(Br)c1cc2c(cc1Br)OCCO2. The molecule has 2 nitrogen and oxygen atoms in total. The monoisotopic (exact) mass is 356 g/mol. The van der Waals surface area contributed by atoms with Gasteiger partial charge >= 0.3 is 0 Å². The molecule has 1 unspecified atom stereocenters. The molecule has 16 heavy (non-hydrogen) atoms. The smallest absolute Gasteiger partial charge is 0.255 e. The lowest BCUT2D eigenvalue weighted by Gasteiger charge is -2.21. The summed E-state index contributed by atoms with van der Waals surface area (Å²) in [6.45, 7) is 0.918. The molecule has 1 aromatic rings. The Morgan fingerprint density at radius 1 is 1.12 bits per heavy atom. The molecule has 0 saturated heterocycles. The minimum Gasteiger partial charge on any atom is -0.486 e. The van der Waals surface area contributed by atoms with Crippen molar-refractivity contribution in [1.29, 1.82) is 0 Å². The van der Waals surface area contributed by atoms with Gasteiger partial charge in [0.15, 0.2) is 11.5 Å². The third-order valence-corrected chi connectivity index (χ3v) is 3.76. The fourth-order valence-electron chi connectivity index (χ4n) is 1.43. The van der Waals surface area contributed by atoms with Crippen LogP contribution in [0.2, 0.25) is 0 Å². The first-order chi connectivity index (χ1) is 7.59. The number of hydrogen-bond acceptors (Lipinski definition) is 2. The van der Waals surface area contributed by atoms with E-state index in [0.717, 1.165) is 0 Å². The summed E-state index contributed by atoms with van der Waals surface area (Å²) in [7, 11) is 0. The molecule has 0 bridgehead atoms. The molecule has 0 aromatic heterocycles. The van der Waals surface area contributed by atoms with Gasteiger partial charge in [0, 0.05) is 4.47 Å². The Balaban J connectivity index is 2.39. The Morgan fingerprint density at radius 2 is 1.69 bits per heavy atom. The number of ether oxygens (including phenoxy) is 2. The molecule has 1 aliphatic rings. The van der Waals surface area contributed by atoms with Gasteiger partial charge < -0.3 is 9.47 Å². The first-order valence-electron chi connectivity index (χ1n) is 4.61. The average molecular weight is 358 g/mol. The topological polar surface area (TPSA) is 18.5 Å². The Labute approximate surface area is 108 Å². The molecule has 0 spiro atoms. The van der Waals surface area contributed by atoms with Crippen LogP contribution in [0, 0.1) is 0 Å². The van der Waals surface area contributed by atoms with Crippen LogP contribution in [-0.2, 0) is 0 Å².